The topological polar surface area (TPSA) is 97.3 Å². The van der Waals surface area contributed by atoms with Crippen LogP contribution in [0.2, 0.25) is 0 Å². The van der Waals surface area contributed by atoms with Gasteiger partial charge in [0.05, 0.1) is 19.6 Å². The maximum atomic E-state index is 13.1. The number of carboxylic acids is 1. The molecule has 40 heavy (non-hydrogen) atoms. The molecule has 3 aromatic carbocycles. The molecule has 0 radical (unpaired) electrons. The van der Waals surface area contributed by atoms with Gasteiger partial charge in [-0.15, -0.1) is 0 Å². The molecule has 0 aromatic heterocycles. The van der Waals surface area contributed by atoms with Crippen LogP contribution in [0.1, 0.15) is 47.1 Å². The highest BCUT2D eigenvalue weighted by molar-refractivity contribution is 5.79. The van der Waals surface area contributed by atoms with Gasteiger partial charge in [-0.3, -0.25) is 14.5 Å². The molecule has 210 valence electrons. The zero-order valence-corrected chi connectivity index (χ0v) is 23.0. The summed E-state index contributed by atoms with van der Waals surface area (Å²) in [5, 5.41) is 13.5. The fourth-order valence-corrected chi connectivity index (χ4v) is 5.87. The van der Waals surface area contributed by atoms with Crippen molar-refractivity contribution in [2.45, 2.75) is 38.1 Å². The lowest BCUT2D eigenvalue weighted by atomic mass is 9.82. The third kappa shape index (κ3) is 6.07. The highest BCUT2D eigenvalue weighted by Crippen LogP contribution is 2.47. The lowest BCUT2D eigenvalue weighted by molar-refractivity contribution is -0.143. The number of aliphatic carboxylic acids is 1. The third-order valence-electron chi connectivity index (χ3n) is 7.97. The molecule has 8 nitrogen and oxygen atoms in total. The number of carbonyl (C=O) groups is 2. The summed E-state index contributed by atoms with van der Waals surface area (Å²) in [5.41, 5.74) is 4.31. The van der Waals surface area contributed by atoms with E-state index in [1.165, 1.54) is 11.1 Å². The van der Waals surface area contributed by atoms with Gasteiger partial charge in [-0.2, -0.15) is 0 Å². The molecule has 0 saturated carbocycles. The van der Waals surface area contributed by atoms with E-state index in [0.29, 0.717) is 30.3 Å². The second-order valence-electron chi connectivity index (χ2n) is 10.5. The van der Waals surface area contributed by atoms with Crippen LogP contribution in [-0.2, 0) is 16.0 Å². The van der Waals surface area contributed by atoms with Crippen LogP contribution in [0, 0.1) is 12.8 Å². The van der Waals surface area contributed by atoms with Crippen LogP contribution in [0.3, 0.4) is 0 Å². The number of carboxylic acid groups (broad SMARTS) is 1. The number of carbonyl (C=O) groups excluding carboxylic acids is 1. The quantitative estimate of drug-likeness (QED) is 0.338. The van der Waals surface area contributed by atoms with Crippen LogP contribution in [0.4, 0.5) is 0 Å². The maximum Gasteiger partial charge on any atom is 0.309 e. The van der Waals surface area contributed by atoms with Gasteiger partial charge in [-0.05, 0) is 72.7 Å². The first-order valence-corrected chi connectivity index (χ1v) is 13.8. The molecule has 2 aliphatic rings. The van der Waals surface area contributed by atoms with Gasteiger partial charge in [0, 0.05) is 25.0 Å². The van der Waals surface area contributed by atoms with Gasteiger partial charge in [-0.1, -0.05) is 42.5 Å². The summed E-state index contributed by atoms with van der Waals surface area (Å²) in [7, 11) is 1.60. The first-order valence-electron chi connectivity index (χ1n) is 13.8. The number of methoxy groups -OCH3 is 1. The highest BCUT2D eigenvalue weighted by atomic mass is 16.7. The van der Waals surface area contributed by atoms with Crippen molar-refractivity contribution in [1.29, 1.82) is 0 Å². The average Bonchev–Trinajstić information content (AvgIpc) is 3.58. The Balaban J connectivity index is 1.29. The molecule has 1 fully saturated rings. The molecule has 2 aliphatic heterocycles. The minimum Gasteiger partial charge on any atom is -0.497 e. The summed E-state index contributed by atoms with van der Waals surface area (Å²) in [6.45, 7) is 3.39. The minimum atomic E-state index is -0.900. The molecular weight excluding hydrogens is 508 g/mol. The number of benzene rings is 3. The number of rotatable bonds is 11. The highest BCUT2D eigenvalue weighted by Gasteiger charge is 2.48. The van der Waals surface area contributed by atoms with Crippen molar-refractivity contribution in [3.8, 4) is 17.2 Å². The van der Waals surface area contributed by atoms with E-state index in [-0.39, 0.29) is 25.2 Å². The van der Waals surface area contributed by atoms with Gasteiger partial charge in [-0.25, -0.2) is 0 Å². The number of likely N-dealkylation sites (tertiary alicyclic amines) is 1. The Kier molecular flexibility index (Phi) is 8.55. The van der Waals surface area contributed by atoms with Crippen LogP contribution < -0.4 is 19.5 Å². The van der Waals surface area contributed by atoms with E-state index in [1.54, 1.807) is 7.11 Å². The molecule has 0 unspecified atom stereocenters. The Bertz CT molecular complexity index is 1340. The van der Waals surface area contributed by atoms with E-state index < -0.39 is 17.9 Å². The zero-order chi connectivity index (χ0) is 28.1. The van der Waals surface area contributed by atoms with Crippen molar-refractivity contribution in [1.82, 2.24) is 10.2 Å². The molecule has 0 aliphatic carbocycles. The predicted octanol–water partition coefficient (Wildman–Crippen LogP) is 4.71. The van der Waals surface area contributed by atoms with Gasteiger partial charge in [0.15, 0.2) is 11.5 Å². The van der Waals surface area contributed by atoms with Crippen molar-refractivity contribution >= 4 is 11.9 Å². The van der Waals surface area contributed by atoms with Crippen LogP contribution in [0.15, 0.2) is 66.7 Å². The number of hydrogen-bond donors (Lipinski definition) is 2. The zero-order valence-electron chi connectivity index (χ0n) is 23.0. The number of fused-ring (bicyclic) bond motifs is 1. The molecule has 0 bridgehead atoms. The van der Waals surface area contributed by atoms with Gasteiger partial charge < -0.3 is 24.6 Å². The van der Waals surface area contributed by atoms with Gasteiger partial charge in [0.25, 0.3) is 0 Å². The van der Waals surface area contributed by atoms with Crippen molar-refractivity contribution in [2.75, 3.05) is 33.5 Å². The second-order valence-corrected chi connectivity index (χ2v) is 10.5. The number of nitrogens with one attached hydrogen (secondary N) is 1. The molecular formula is C32H36N2O6. The molecule has 3 atom stereocenters. The van der Waals surface area contributed by atoms with Crippen LogP contribution in [-0.4, -0.2) is 55.4 Å². The Morgan fingerprint density at radius 2 is 1.75 bits per heavy atom. The molecule has 2 N–H and O–H groups in total. The number of ether oxygens (including phenoxy) is 3. The van der Waals surface area contributed by atoms with E-state index >= 15 is 0 Å². The summed E-state index contributed by atoms with van der Waals surface area (Å²) in [5.74, 6) is -0.136. The lowest BCUT2D eigenvalue weighted by Gasteiger charge is -2.27. The Labute approximate surface area is 234 Å². The van der Waals surface area contributed by atoms with E-state index in [1.807, 2.05) is 53.4 Å². The molecule has 1 amide bonds. The summed E-state index contributed by atoms with van der Waals surface area (Å²) in [6.07, 6.45) is 2.84. The summed E-state index contributed by atoms with van der Waals surface area (Å²) >= 11 is 0. The van der Waals surface area contributed by atoms with Crippen molar-refractivity contribution in [2.24, 2.45) is 5.92 Å². The first kappa shape index (κ1) is 27.5. The normalized spacial score (nSPS) is 19.9. The number of aryl methyl sites for hydroxylation is 2. The molecule has 2 heterocycles. The SMILES string of the molecule is COc1ccc([C@@H]2[C@@H](C(=O)O)[C@@H](c3ccc4c(c3)OCO4)CN2CC(=O)NCCCCc2ccccc2C)cc1. The van der Waals surface area contributed by atoms with Crippen molar-refractivity contribution in [3.05, 3.63) is 89.0 Å². The fourth-order valence-electron chi connectivity index (χ4n) is 5.87. The monoisotopic (exact) mass is 544 g/mol. The van der Waals surface area contributed by atoms with Crippen LogP contribution in [0.25, 0.3) is 0 Å². The minimum absolute atomic E-state index is 0.107. The number of hydrogen-bond acceptors (Lipinski definition) is 6. The predicted molar refractivity (Wildman–Crippen MR) is 151 cm³/mol. The van der Waals surface area contributed by atoms with E-state index in [2.05, 4.69) is 30.4 Å². The van der Waals surface area contributed by atoms with Crippen LogP contribution in [0.5, 0.6) is 17.2 Å². The molecule has 5 rings (SSSR count). The standard InChI is InChI=1S/C32H36N2O6/c1-21-7-3-4-8-22(21)9-5-6-16-33-29(35)19-34-18-26(24-12-15-27-28(17-24)40-20-39-27)30(32(36)37)31(34)23-10-13-25(38-2)14-11-23/h3-4,7-8,10-15,17,26,30-31H,5-6,9,16,18-20H2,1-2H3,(H,33,35)(H,36,37)/t26-,30+,31-/m1/s1. The maximum absolute atomic E-state index is 13.1. The Hall–Kier alpha value is -4.04. The van der Waals surface area contributed by atoms with Gasteiger partial charge in [0.2, 0.25) is 12.7 Å². The fraction of sp³-hybridized carbons (Fsp3) is 0.375. The first-order chi connectivity index (χ1) is 19.4. The number of amides is 1. The van der Waals surface area contributed by atoms with E-state index in [0.717, 1.165) is 30.4 Å². The summed E-state index contributed by atoms with van der Waals surface area (Å²) in [6, 6.07) is 20.9. The average molecular weight is 545 g/mol. The summed E-state index contributed by atoms with van der Waals surface area (Å²) in [4.78, 5) is 27.8. The van der Waals surface area contributed by atoms with Crippen molar-refractivity contribution < 1.29 is 28.9 Å². The largest absolute Gasteiger partial charge is 0.497 e. The van der Waals surface area contributed by atoms with Crippen molar-refractivity contribution in [3.63, 3.8) is 0 Å². The lowest BCUT2D eigenvalue weighted by Crippen LogP contribution is -2.38. The molecule has 1 saturated heterocycles. The summed E-state index contributed by atoms with van der Waals surface area (Å²) < 4.78 is 16.3. The van der Waals surface area contributed by atoms with E-state index in [9.17, 15) is 14.7 Å². The van der Waals surface area contributed by atoms with Crippen LogP contribution >= 0.6 is 0 Å². The van der Waals surface area contributed by atoms with Gasteiger partial charge >= 0.3 is 5.97 Å². The van der Waals surface area contributed by atoms with Gasteiger partial charge in [0.1, 0.15) is 5.75 Å². The molecule has 8 heteroatoms. The Morgan fingerprint density at radius 1 is 1.00 bits per heavy atom. The number of unbranched alkanes of at least 4 members (excludes halogenated alkanes) is 1. The smallest absolute Gasteiger partial charge is 0.309 e. The second kappa shape index (κ2) is 12.4. The molecule has 0 spiro atoms. The molecule has 3 aromatic rings. The van der Waals surface area contributed by atoms with E-state index in [4.69, 9.17) is 14.2 Å². The third-order valence-corrected chi connectivity index (χ3v) is 7.97. The Morgan fingerprint density at radius 3 is 2.50 bits per heavy atom. The number of nitrogens with zero attached hydrogens (tertiary/aromatic N) is 1.